The number of nitrogens with zero attached hydrogens (tertiary/aromatic N) is 4. The van der Waals surface area contributed by atoms with Gasteiger partial charge in [0, 0.05) is 53.7 Å². The quantitative estimate of drug-likeness (QED) is 0.281. The third kappa shape index (κ3) is 5.26. The first-order chi connectivity index (χ1) is 18.9. The summed E-state index contributed by atoms with van der Waals surface area (Å²) in [6, 6.07) is 11.5. The van der Waals surface area contributed by atoms with Gasteiger partial charge in [0.1, 0.15) is 0 Å². The predicted molar refractivity (Wildman–Crippen MR) is 154 cm³/mol. The molecule has 1 aliphatic rings. The highest BCUT2D eigenvalue weighted by atomic mass is 16.2. The van der Waals surface area contributed by atoms with E-state index in [-0.39, 0.29) is 11.8 Å². The number of carbonyl (C=O) groups excluding carboxylic acids is 2. The zero-order valence-corrected chi connectivity index (χ0v) is 22.7. The Balaban J connectivity index is 1.41. The van der Waals surface area contributed by atoms with Crippen molar-refractivity contribution in [3.05, 3.63) is 83.1 Å². The molecule has 200 valence electrons. The number of aryl methyl sites for hydroxylation is 1. The monoisotopic (exact) mass is 523 g/mol. The van der Waals surface area contributed by atoms with E-state index in [2.05, 4.69) is 44.4 Å². The third-order valence-electron chi connectivity index (χ3n) is 7.20. The average molecular weight is 524 g/mol. The molecular weight excluding hydrogens is 490 g/mol. The Hall–Kier alpha value is -4.50. The Labute approximate surface area is 228 Å². The van der Waals surface area contributed by atoms with Gasteiger partial charge in [-0.1, -0.05) is 26.0 Å². The number of hydrogen-bond acceptors (Lipinski definition) is 5. The highest BCUT2D eigenvalue weighted by Crippen LogP contribution is 2.37. The van der Waals surface area contributed by atoms with Crippen molar-refractivity contribution in [2.24, 2.45) is 0 Å². The molecule has 2 amide bonds. The van der Waals surface area contributed by atoms with Crippen molar-refractivity contribution in [1.29, 1.82) is 0 Å². The Morgan fingerprint density at radius 2 is 1.95 bits per heavy atom. The Kier molecular flexibility index (Phi) is 7.42. The van der Waals surface area contributed by atoms with Crippen LogP contribution in [0.15, 0.2) is 55.0 Å². The van der Waals surface area contributed by atoms with Gasteiger partial charge >= 0.3 is 0 Å². The Bertz CT molecular complexity index is 1540. The van der Waals surface area contributed by atoms with E-state index in [4.69, 9.17) is 0 Å². The van der Waals surface area contributed by atoms with Crippen molar-refractivity contribution in [3.63, 3.8) is 0 Å². The molecule has 0 saturated heterocycles. The van der Waals surface area contributed by atoms with E-state index < -0.39 is 0 Å². The number of amides is 2. The molecule has 0 bridgehead atoms. The third-order valence-corrected chi connectivity index (χ3v) is 7.20. The van der Waals surface area contributed by atoms with Gasteiger partial charge in [0.15, 0.2) is 5.82 Å². The summed E-state index contributed by atoms with van der Waals surface area (Å²) in [5.74, 6) is 0.442. The molecule has 0 atom stereocenters. The van der Waals surface area contributed by atoms with Crippen LogP contribution in [0, 0.1) is 13.8 Å². The number of hydrogen-bond donors (Lipinski definition) is 3. The van der Waals surface area contributed by atoms with Crippen molar-refractivity contribution in [2.45, 2.75) is 27.7 Å². The van der Waals surface area contributed by atoms with Gasteiger partial charge < -0.3 is 20.5 Å². The maximum absolute atomic E-state index is 13.0. The van der Waals surface area contributed by atoms with Crippen LogP contribution >= 0.6 is 0 Å². The molecule has 5 rings (SSSR count). The first kappa shape index (κ1) is 26.1. The SMILES string of the molecule is CCN(CC)CCNC(=O)c1c(C)[nH]c(C=C2C(=O)Nc3ccc(-c4cnn(-c5ccccn5)c4)cc32)c1C. The van der Waals surface area contributed by atoms with E-state index in [1.54, 1.807) is 17.1 Å². The van der Waals surface area contributed by atoms with Crippen molar-refractivity contribution in [1.82, 2.24) is 30.0 Å². The van der Waals surface area contributed by atoms with Gasteiger partial charge in [-0.3, -0.25) is 9.59 Å². The lowest BCUT2D eigenvalue weighted by Gasteiger charge is -2.18. The van der Waals surface area contributed by atoms with Crippen molar-refractivity contribution < 1.29 is 9.59 Å². The van der Waals surface area contributed by atoms with Crippen molar-refractivity contribution in [3.8, 4) is 16.9 Å². The number of anilines is 1. The number of fused-ring (bicyclic) bond motifs is 1. The topological polar surface area (TPSA) is 108 Å². The molecule has 9 nitrogen and oxygen atoms in total. The van der Waals surface area contributed by atoms with Gasteiger partial charge in [0.05, 0.1) is 17.3 Å². The predicted octanol–water partition coefficient (Wildman–Crippen LogP) is 4.44. The average Bonchev–Trinajstić information content (AvgIpc) is 3.63. The molecule has 3 aromatic heterocycles. The molecule has 1 aromatic carbocycles. The molecule has 0 saturated carbocycles. The van der Waals surface area contributed by atoms with E-state index in [9.17, 15) is 9.59 Å². The second-order valence-electron chi connectivity index (χ2n) is 9.58. The lowest BCUT2D eigenvalue weighted by molar-refractivity contribution is -0.110. The minimum Gasteiger partial charge on any atom is -0.358 e. The second kappa shape index (κ2) is 11.1. The number of pyridine rings is 1. The molecule has 4 heterocycles. The summed E-state index contributed by atoms with van der Waals surface area (Å²) < 4.78 is 1.72. The van der Waals surface area contributed by atoms with Crippen LogP contribution in [0.25, 0.3) is 28.6 Å². The lowest BCUT2D eigenvalue weighted by atomic mass is 10.00. The smallest absolute Gasteiger partial charge is 0.256 e. The first-order valence-electron chi connectivity index (χ1n) is 13.2. The van der Waals surface area contributed by atoms with Crippen LogP contribution in [0.1, 0.15) is 46.7 Å². The number of nitrogens with one attached hydrogen (secondary N) is 3. The van der Waals surface area contributed by atoms with Crippen LogP contribution in [0.2, 0.25) is 0 Å². The number of benzene rings is 1. The fourth-order valence-electron chi connectivity index (χ4n) is 4.96. The van der Waals surface area contributed by atoms with Crippen LogP contribution in [-0.2, 0) is 4.79 Å². The van der Waals surface area contributed by atoms with E-state index in [1.165, 1.54) is 0 Å². The zero-order chi connectivity index (χ0) is 27.5. The van der Waals surface area contributed by atoms with E-state index in [0.717, 1.165) is 64.8 Å². The van der Waals surface area contributed by atoms with Crippen LogP contribution < -0.4 is 10.6 Å². The number of carbonyl (C=O) groups is 2. The molecule has 1 aliphatic heterocycles. The highest BCUT2D eigenvalue weighted by molar-refractivity contribution is 6.35. The summed E-state index contributed by atoms with van der Waals surface area (Å²) in [6.07, 6.45) is 7.26. The summed E-state index contributed by atoms with van der Waals surface area (Å²) in [5, 5.41) is 10.4. The maximum atomic E-state index is 13.0. The second-order valence-corrected chi connectivity index (χ2v) is 9.58. The number of rotatable bonds is 9. The molecule has 0 fully saturated rings. The molecule has 0 radical (unpaired) electrons. The van der Waals surface area contributed by atoms with Gasteiger partial charge in [-0.05, 0) is 68.4 Å². The molecule has 3 N–H and O–H groups in total. The number of aromatic nitrogens is 4. The van der Waals surface area contributed by atoms with Crippen LogP contribution in [0.5, 0.6) is 0 Å². The summed E-state index contributed by atoms with van der Waals surface area (Å²) in [7, 11) is 0. The fourth-order valence-corrected chi connectivity index (χ4v) is 4.96. The number of H-pyrrole nitrogens is 1. The Morgan fingerprint density at radius 3 is 2.69 bits per heavy atom. The van der Waals surface area contributed by atoms with Crippen LogP contribution in [-0.4, -0.2) is 62.6 Å². The van der Waals surface area contributed by atoms with Gasteiger partial charge in [0.2, 0.25) is 0 Å². The minimum absolute atomic E-state index is 0.110. The summed E-state index contributed by atoms with van der Waals surface area (Å²) in [4.78, 5) is 35.9. The standard InChI is InChI=1S/C30H33N7O2/c1-5-36(6-2)14-13-32-30(39)28-19(3)26(34-20(28)4)16-24-23-15-21(10-11-25(23)35-29(24)38)22-17-33-37(18-22)27-9-7-8-12-31-27/h7-12,15-18,34H,5-6,13-14H2,1-4H3,(H,32,39)(H,35,38). The number of aromatic amines is 1. The summed E-state index contributed by atoms with van der Waals surface area (Å²) >= 11 is 0. The van der Waals surface area contributed by atoms with Crippen LogP contribution in [0.4, 0.5) is 5.69 Å². The van der Waals surface area contributed by atoms with E-state index in [1.807, 2.05) is 62.5 Å². The molecule has 4 aromatic rings. The molecule has 0 aliphatic carbocycles. The van der Waals surface area contributed by atoms with E-state index in [0.29, 0.717) is 17.7 Å². The van der Waals surface area contributed by atoms with Crippen LogP contribution in [0.3, 0.4) is 0 Å². The minimum atomic E-state index is -0.178. The molecule has 0 unspecified atom stereocenters. The number of likely N-dealkylation sites (N-methyl/N-ethyl adjacent to an activating group) is 1. The largest absolute Gasteiger partial charge is 0.358 e. The first-order valence-corrected chi connectivity index (χ1v) is 13.2. The maximum Gasteiger partial charge on any atom is 0.256 e. The molecule has 39 heavy (non-hydrogen) atoms. The molecule has 9 heteroatoms. The van der Waals surface area contributed by atoms with Gasteiger partial charge in [-0.2, -0.15) is 5.10 Å². The summed E-state index contributed by atoms with van der Waals surface area (Å²) in [6.45, 7) is 11.3. The van der Waals surface area contributed by atoms with Gasteiger partial charge in [0.25, 0.3) is 11.8 Å². The van der Waals surface area contributed by atoms with Crippen molar-refractivity contribution in [2.75, 3.05) is 31.5 Å². The van der Waals surface area contributed by atoms with Gasteiger partial charge in [-0.25, -0.2) is 9.67 Å². The fraction of sp³-hybridized carbons (Fsp3) is 0.267. The zero-order valence-electron chi connectivity index (χ0n) is 22.7. The molecule has 0 spiro atoms. The summed E-state index contributed by atoms with van der Waals surface area (Å²) in [5.41, 5.74) is 6.90. The van der Waals surface area contributed by atoms with E-state index >= 15 is 0 Å². The van der Waals surface area contributed by atoms with Crippen molar-refractivity contribution >= 4 is 29.2 Å². The normalized spacial score (nSPS) is 13.7. The lowest BCUT2D eigenvalue weighted by Crippen LogP contribution is -2.35. The van der Waals surface area contributed by atoms with Gasteiger partial charge in [-0.15, -0.1) is 0 Å². The Morgan fingerprint density at radius 1 is 1.13 bits per heavy atom. The molecular formula is C30H33N7O2. The highest BCUT2D eigenvalue weighted by Gasteiger charge is 2.26.